The molecule has 0 saturated carbocycles. The monoisotopic (exact) mass is 382 g/mol. The number of carbonyl (C=O) groups excluding carboxylic acids is 1. The molecule has 4 rings (SSSR count). The van der Waals surface area contributed by atoms with E-state index in [2.05, 4.69) is 26.9 Å². The fourth-order valence-corrected chi connectivity index (χ4v) is 4.33. The van der Waals surface area contributed by atoms with Crippen molar-refractivity contribution in [2.45, 2.75) is 46.1 Å². The zero-order valence-corrected chi connectivity index (χ0v) is 16.9. The maximum absolute atomic E-state index is 12.9. The van der Waals surface area contributed by atoms with E-state index in [1.54, 1.807) is 0 Å². The van der Waals surface area contributed by atoms with E-state index in [1.165, 1.54) is 0 Å². The molecule has 6 nitrogen and oxygen atoms in total. The molecule has 150 valence electrons. The van der Waals surface area contributed by atoms with Gasteiger partial charge in [-0.05, 0) is 50.6 Å². The van der Waals surface area contributed by atoms with Crippen LogP contribution in [0.1, 0.15) is 44.1 Å². The molecule has 2 aliphatic rings. The lowest BCUT2D eigenvalue weighted by Gasteiger charge is -2.37. The minimum atomic E-state index is 0.0981. The van der Waals surface area contributed by atoms with Crippen LogP contribution in [0.3, 0.4) is 0 Å². The van der Waals surface area contributed by atoms with E-state index in [4.69, 9.17) is 4.52 Å². The number of nitrogens with zero attached hydrogens (tertiary/aromatic N) is 4. The molecule has 0 bridgehead atoms. The molecule has 0 radical (unpaired) electrons. The summed E-state index contributed by atoms with van der Waals surface area (Å²) < 4.78 is 5.50. The van der Waals surface area contributed by atoms with Crippen LogP contribution in [-0.4, -0.2) is 52.0 Å². The number of hydrogen-bond acceptors (Lipinski definition) is 5. The Bertz CT molecular complexity index is 810. The minimum Gasteiger partial charge on any atom is -0.342 e. The Balaban J connectivity index is 1.37. The van der Waals surface area contributed by atoms with Crippen molar-refractivity contribution in [1.82, 2.24) is 19.9 Å². The van der Waals surface area contributed by atoms with Crippen LogP contribution in [0, 0.1) is 18.8 Å². The van der Waals surface area contributed by atoms with Gasteiger partial charge in [0, 0.05) is 25.2 Å². The van der Waals surface area contributed by atoms with Crippen LogP contribution < -0.4 is 0 Å². The third-order valence-corrected chi connectivity index (χ3v) is 6.16. The van der Waals surface area contributed by atoms with Crippen molar-refractivity contribution in [3.05, 3.63) is 35.7 Å². The highest BCUT2D eigenvalue weighted by atomic mass is 16.5. The van der Waals surface area contributed by atoms with Crippen molar-refractivity contribution in [3.8, 4) is 11.4 Å². The third-order valence-electron chi connectivity index (χ3n) is 6.16. The van der Waals surface area contributed by atoms with Gasteiger partial charge in [0.25, 0.3) is 0 Å². The Hall–Kier alpha value is -2.21. The van der Waals surface area contributed by atoms with E-state index in [0.717, 1.165) is 68.9 Å². The lowest BCUT2D eigenvalue weighted by Crippen LogP contribution is -2.46. The summed E-state index contributed by atoms with van der Waals surface area (Å²) in [5, 5.41) is 4.16. The standard InChI is InChI=1S/C22H30N4O2/c1-16-9-12-26(13-10-16)22(27)18-7-5-11-25(14-18)15-20-23-21(24-28-20)19-8-4-3-6-17(19)2/h3-4,6,8,16,18H,5,7,9-15H2,1-2H3. The molecular formula is C22H30N4O2. The van der Waals surface area contributed by atoms with Crippen molar-refractivity contribution in [2.24, 2.45) is 11.8 Å². The lowest BCUT2D eigenvalue weighted by molar-refractivity contribution is -0.138. The van der Waals surface area contributed by atoms with E-state index in [0.29, 0.717) is 24.2 Å². The average Bonchev–Trinajstić information content (AvgIpc) is 3.17. The molecule has 1 aromatic heterocycles. The van der Waals surface area contributed by atoms with Gasteiger partial charge >= 0.3 is 0 Å². The summed E-state index contributed by atoms with van der Waals surface area (Å²) in [5.41, 5.74) is 2.14. The van der Waals surface area contributed by atoms with Crippen molar-refractivity contribution in [3.63, 3.8) is 0 Å². The van der Waals surface area contributed by atoms with Gasteiger partial charge < -0.3 is 9.42 Å². The number of hydrogen-bond donors (Lipinski definition) is 0. The highest BCUT2D eigenvalue weighted by Crippen LogP contribution is 2.25. The molecular weight excluding hydrogens is 352 g/mol. The van der Waals surface area contributed by atoms with Crippen molar-refractivity contribution in [1.29, 1.82) is 0 Å². The van der Waals surface area contributed by atoms with Crippen LogP contribution in [0.25, 0.3) is 11.4 Å². The first-order chi connectivity index (χ1) is 13.6. The SMILES string of the molecule is Cc1ccccc1-c1noc(CN2CCCC(C(=O)N3CCC(C)CC3)C2)n1. The second-order valence-electron chi connectivity index (χ2n) is 8.41. The van der Waals surface area contributed by atoms with Gasteiger partial charge in [-0.25, -0.2) is 0 Å². The summed E-state index contributed by atoms with van der Waals surface area (Å²) >= 11 is 0. The first-order valence-corrected chi connectivity index (χ1v) is 10.5. The van der Waals surface area contributed by atoms with Gasteiger partial charge in [0.2, 0.25) is 17.6 Å². The van der Waals surface area contributed by atoms with E-state index in [-0.39, 0.29) is 5.92 Å². The molecule has 2 aromatic rings. The number of likely N-dealkylation sites (tertiary alicyclic amines) is 2. The summed E-state index contributed by atoms with van der Waals surface area (Å²) in [6, 6.07) is 8.06. The molecule has 1 unspecified atom stereocenters. The first kappa shape index (κ1) is 19.1. The highest BCUT2D eigenvalue weighted by molar-refractivity contribution is 5.79. The predicted molar refractivity (Wildman–Crippen MR) is 107 cm³/mol. The summed E-state index contributed by atoms with van der Waals surface area (Å²) in [7, 11) is 0. The minimum absolute atomic E-state index is 0.0981. The van der Waals surface area contributed by atoms with E-state index in [9.17, 15) is 4.79 Å². The van der Waals surface area contributed by atoms with Gasteiger partial charge in [-0.15, -0.1) is 0 Å². The fourth-order valence-electron chi connectivity index (χ4n) is 4.33. The quantitative estimate of drug-likeness (QED) is 0.810. The molecule has 2 aliphatic heterocycles. The Labute approximate surface area is 166 Å². The van der Waals surface area contributed by atoms with Gasteiger partial charge in [-0.2, -0.15) is 4.98 Å². The summed E-state index contributed by atoms with van der Waals surface area (Å²) in [6.45, 7) is 8.53. The van der Waals surface area contributed by atoms with Gasteiger partial charge in [0.15, 0.2) is 0 Å². The third kappa shape index (κ3) is 4.27. The molecule has 1 amide bonds. The molecule has 6 heteroatoms. The molecule has 0 spiro atoms. The van der Waals surface area contributed by atoms with Crippen molar-refractivity contribution < 1.29 is 9.32 Å². The van der Waals surface area contributed by atoms with Gasteiger partial charge in [0.05, 0.1) is 12.5 Å². The topological polar surface area (TPSA) is 62.5 Å². The largest absolute Gasteiger partial charge is 0.342 e. The Morgan fingerprint density at radius 2 is 1.96 bits per heavy atom. The second-order valence-corrected chi connectivity index (χ2v) is 8.41. The number of aromatic nitrogens is 2. The lowest BCUT2D eigenvalue weighted by atomic mass is 9.93. The summed E-state index contributed by atoms with van der Waals surface area (Å²) in [4.78, 5) is 21.9. The maximum Gasteiger partial charge on any atom is 0.241 e. The van der Waals surface area contributed by atoms with Crippen LogP contribution in [0.2, 0.25) is 0 Å². The molecule has 3 heterocycles. The fraction of sp³-hybridized carbons (Fsp3) is 0.591. The molecule has 1 atom stereocenters. The predicted octanol–water partition coefficient (Wildman–Crippen LogP) is 3.52. The maximum atomic E-state index is 12.9. The first-order valence-electron chi connectivity index (χ1n) is 10.5. The molecule has 0 N–H and O–H groups in total. The van der Waals surface area contributed by atoms with E-state index < -0.39 is 0 Å². The number of amides is 1. The summed E-state index contributed by atoms with van der Waals surface area (Å²) in [6.07, 6.45) is 4.29. The zero-order chi connectivity index (χ0) is 19.5. The van der Waals surface area contributed by atoms with E-state index in [1.807, 2.05) is 31.2 Å². The van der Waals surface area contributed by atoms with Crippen LogP contribution in [0.4, 0.5) is 0 Å². The molecule has 2 fully saturated rings. The molecule has 28 heavy (non-hydrogen) atoms. The zero-order valence-electron chi connectivity index (χ0n) is 16.9. The average molecular weight is 383 g/mol. The van der Waals surface area contributed by atoms with Gasteiger partial charge in [-0.3, -0.25) is 9.69 Å². The van der Waals surface area contributed by atoms with Gasteiger partial charge in [-0.1, -0.05) is 36.3 Å². The number of benzene rings is 1. The Morgan fingerprint density at radius 3 is 2.75 bits per heavy atom. The smallest absolute Gasteiger partial charge is 0.241 e. The number of carbonyl (C=O) groups is 1. The molecule has 1 aromatic carbocycles. The second kappa shape index (κ2) is 8.43. The number of rotatable bonds is 4. The molecule has 0 aliphatic carbocycles. The van der Waals surface area contributed by atoms with Crippen molar-refractivity contribution in [2.75, 3.05) is 26.2 Å². The normalized spacial score (nSPS) is 21.8. The summed E-state index contributed by atoms with van der Waals surface area (Å²) in [5.74, 6) is 2.44. The highest BCUT2D eigenvalue weighted by Gasteiger charge is 2.31. The van der Waals surface area contributed by atoms with Crippen LogP contribution in [-0.2, 0) is 11.3 Å². The Morgan fingerprint density at radius 1 is 1.18 bits per heavy atom. The molecule has 2 saturated heterocycles. The van der Waals surface area contributed by atoms with Crippen molar-refractivity contribution >= 4 is 5.91 Å². The number of piperidine rings is 2. The van der Waals surface area contributed by atoms with E-state index >= 15 is 0 Å². The Kier molecular flexibility index (Phi) is 5.76. The van der Waals surface area contributed by atoms with Crippen LogP contribution in [0.15, 0.2) is 28.8 Å². The van der Waals surface area contributed by atoms with Crippen LogP contribution >= 0.6 is 0 Å². The van der Waals surface area contributed by atoms with Crippen LogP contribution in [0.5, 0.6) is 0 Å². The van der Waals surface area contributed by atoms with Gasteiger partial charge in [0.1, 0.15) is 0 Å². The number of aryl methyl sites for hydroxylation is 1.